The van der Waals surface area contributed by atoms with E-state index in [2.05, 4.69) is 0 Å². The zero-order chi connectivity index (χ0) is 15.8. The molecule has 1 aromatic heterocycles. The lowest BCUT2D eigenvalue weighted by Crippen LogP contribution is -2.49. The Hall–Kier alpha value is -0.630. The number of piperidine rings is 1. The van der Waals surface area contributed by atoms with Crippen molar-refractivity contribution in [1.29, 1.82) is 0 Å². The molecule has 1 atom stereocenters. The molecule has 0 radical (unpaired) electrons. The molecule has 5 nitrogen and oxygen atoms in total. The Balaban J connectivity index is 2.34. The van der Waals surface area contributed by atoms with Gasteiger partial charge in [-0.1, -0.05) is 18.5 Å². The topological polar surface area (TPSA) is 74.7 Å². The van der Waals surface area contributed by atoms with Gasteiger partial charge in [-0.2, -0.15) is 4.31 Å². The summed E-state index contributed by atoms with van der Waals surface area (Å²) in [7, 11) is -3.67. The SMILES string of the molecule is CCC1(C(=O)O)CCCN(S(=O)(=O)c2cc(C)c(Cl)s2)C1. The number of carboxylic acids is 1. The molecule has 1 fully saturated rings. The summed E-state index contributed by atoms with van der Waals surface area (Å²) in [6.45, 7) is 3.92. The van der Waals surface area contributed by atoms with E-state index in [4.69, 9.17) is 11.6 Å². The number of carbonyl (C=O) groups is 1. The average molecular weight is 352 g/mol. The van der Waals surface area contributed by atoms with Gasteiger partial charge in [0, 0.05) is 13.1 Å². The molecule has 118 valence electrons. The summed E-state index contributed by atoms with van der Waals surface area (Å²) in [6.07, 6.45) is 1.48. The molecule has 0 bridgehead atoms. The van der Waals surface area contributed by atoms with Gasteiger partial charge in [0.05, 0.1) is 9.75 Å². The maximum Gasteiger partial charge on any atom is 0.310 e. The number of thiophene rings is 1. The van der Waals surface area contributed by atoms with Crippen molar-refractivity contribution in [2.75, 3.05) is 13.1 Å². The zero-order valence-corrected chi connectivity index (χ0v) is 14.3. The quantitative estimate of drug-likeness (QED) is 0.904. The Morgan fingerprint density at radius 1 is 1.57 bits per heavy atom. The van der Waals surface area contributed by atoms with E-state index >= 15 is 0 Å². The van der Waals surface area contributed by atoms with E-state index in [9.17, 15) is 18.3 Å². The molecule has 0 aromatic carbocycles. The number of aryl methyl sites for hydroxylation is 1. The van der Waals surface area contributed by atoms with Crippen molar-refractivity contribution in [3.05, 3.63) is 16.0 Å². The third-order valence-corrected chi connectivity index (χ3v) is 7.95. The lowest BCUT2D eigenvalue weighted by Gasteiger charge is -2.38. The van der Waals surface area contributed by atoms with Gasteiger partial charge < -0.3 is 5.11 Å². The minimum Gasteiger partial charge on any atom is -0.481 e. The van der Waals surface area contributed by atoms with E-state index in [1.54, 1.807) is 19.9 Å². The van der Waals surface area contributed by atoms with Crippen LogP contribution >= 0.6 is 22.9 Å². The zero-order valence-electron chi connectivity index (χ0n) is 11.9. The predicted octanol–water partition coefficient (Wildman–Crippen LogP) is 2.98. The minimum absolute atomic E-state index is 0.0235. The van der Waals surface area contributed by atoms with Gasteiger partial charge in [0.25, 0.3) is 10.0 Å². The molecule has 2 rings (SSSR count). The fourth-order valence-electron chi connectivity index (χ4n) is 2.60. The molecule has 0 saturated carbocycles. The van der Waals surface area contributed by atoms with Gasteiger partial charge >= 0.3 is 5.97 Å². The first-order valence-corrected chi connectivity index (χ1v) is 9.36. The Morgan fingerprint density at radius 3 is 2.71 bits per heavy atom. The van der Waals surface area contributed by atoms with Gasteiger partial charge in [0.2, 0.25) is 0 Å². The van der Waals surface area contributed by atoms with Crippen LogP contribution in [0.15, 0.2) is 10.3 Å². The first-order chi connectivity index (χ1) is 9.73. The van der Waals surface area contributed by atoms with Gasteiger partial charge in [-0.25, -0.2) is 8.42 Å². The van der Waals surface area contributed by atoms with E-state index in [0.29, 0.717) is 30.1 Å². The molecular formula is C13H18ClNO4S2. The lowest BCUT2D eigenvalue weighted by molar-refractivity contribution is -0.151. The second-order valence-corrected chi connectivity index (χ2v) is 9.22. The molecule has 8 heteroatoms. The van der Waals surface area contributed by atoms with Gasteiger partial charge in [-0.3, -0.25) is 4.79 Å². The van der Waals surface area contributed by atoms with Crippen LogP contribution in [0.4, 0.5) is 0 Å². The third kappa shape index (κ3) is 2.97. The maximum atomic E-state index is 12.7. The van der Waals surface area contributed by atoms with Crippen LogP contribution in [0.5, 0.6) is 0 Å². The average Bonchev–Trinajstić information content (AvgIpc) is 2.79. The second-order valence-electron chi connectivity index (χ2n) is 5.40. The van der Waals surface area contributed by atoms with Gasteiger partial charge in [0.1, 0.15) is 4.21 Å². The molecule has 0 amide bonds. The maximum absolute atomic E-state index is 12.7. The number of nitrogens with zero attached hydrogens (tertiary/aromatic N) is 1. The molecule has 1 N–H and O–H groups in total. The van der Waals surface area contributed by atoms with Crippen molar-refractivity contribution >= 4 is 38.9 Å². The van der Waals surface area contributed by atoms with Crippen molar-refractivity contribution in [2.45, 2.75) is 37.3 Å². The first-order valence-electron chi connectivity index (χ1n) is 6.72. The summed E-state index contributed by atoms with van der Waals surface area (Å²) in [5.74, 6) is -0.926. The van der Waals surface area contributed by atoms with Gasteiger partial charge in [-0.15, -0.1) is 11.3 Å². The fourth-order valence-corrected chi connectivity index (χ4v) is 6.02. The molecule has 21 heavy (non-hydrogen) atoms. The highest BCUT2D eigenvalue weighted by Crippen LogP contribution is 2.38. The number of rotatable bonds is 4. The summed E-state index contributed by atoms with van der Waals surface area (Å²) in [6, 6.07) is 1.55. The van der Waals surface area contributed by atoms with Crippen LogP contribution < -0.4 is 0 Å². The van der Waals surface area contributed by atoms with Crippen LogP contribution in [0.1, 0.15) is 31.7 Å². The van der Waals surface area contributed by atoms with Crippen molar-refractivity contribution in [1.82, 2.24) is 4.31 Å². The van der Waals surface area contributed by atoms with Crippen LogP contribution in [-0.4, -0.2) is 36.9 Å². The normalized spacial score (nSPS) is 24.1. The first kappa shape index (κ1) is 16.7. The van der Waals surface area contributed by atoms with E-state index in [1.807, 2.05) is 0 Å². The second kappa shape index (κ2) is 5.87. The van der Waals surface area contributed by atoms with Crippen molar-refractivity contribution in [3.8, 4) is 0 Å². The van der Waals surface area contributed by atoms with Crippen LogP contribution in [0, 0.1) is 12.3 Å². The van der Waals surface area contributed by atoms with Crippen molar-refractivity contribution < 1.29 is 18.3 Å². The molecule has 1 unspecified atom stereocenters. The number of carboxylic acid groups (broad SMARTS) is 1. The summed E-state index contributed by atoms with van der Waals surface area (Å²) in [5.41, 5.74) is -0.265. The number of halogens is 1. The van der Waals surface area contributed by atoms with E-state index < -0.39 is 21.4 Å². The Labute approximate surface area is 133 Å². The Bertz CT molecular complexity index is 636. The van der Waals surface area contributed by atoms with E-state index in [-0.39, 0.29) is 10.8 Å². The largest absolute Gasteiger partial charge is 0.481 e. The Morgan fingerprint density at radius 2 is 2.24 bits per heavy atom. The highest BCUT2D eigenvalue weighted by molar-refractivity contribution is 7.91. The summed E-state index contributed by atoms with van der Waals surface area (Å²) >= 11 is 6.97. The predicted molar refractivity (Wildman–Crippen MR) is 82.4 cm³/mol. The van der Waals surface area contributed by atoms with Crippen LogP contribution in [0.3, 0.4) is 0 Å². The molecule has 0 aliphatic carbocycles. The van der Waals surface area contributed by atoms with Crippen LogP contribution in [0.2, 0.25) is 4.34 Å². The smallest absolute Gasteiger partial charge is 0.310 e. The molecule has 0 spiro atoms. The monoisotopic (exact) mass is 351 g/mol. The highest BCUT2D eigenvalue weighted by Gasteiger charge is 2.44. The number of hydrogen-bond acceptors (Lipinski definition) is 4. The summed E-state index contributed by atoms with van der Waals surface area (Å²) in [4.78, 5) is 11.5. The molecular weight excluding hydrogens is 334 g/mol. The lowest BCUT2D eigenvalue weighted by atomic mass is 9.78. The number of hydrogen-bond donors (Lipinski definition) is 1. The van der Waals surface area contributed by atoms with Crippen molar-refractivity contribution in [2.24, 2.45) is 5.41 Å². The van der Waals surface area contributed by atoms with E-state index in [1.165, 1.54) is 4.31 Å². The Kier molecular flexibility index (Phi) is 4.68. The molecule has 1 aliphatic heterocycles. The third-order valence-electron chi connectivity index (χ3n) is 4.10. The molecule has 1 aliphatic rings. The van der Waals surface area contributed by atoms with Gasteiger partial charge in [-0.05, 0) is 37.8 Å². The summed E-state index contributed by atoms with van der Waals surface area (Å²) < 4.78 is 27.2. The van der Waals surface area contributed by atoms with Crippen molar-refractivity contribution in [3.63, 3.8) is 0 Å². The minimum atomic E-state index is -3.67. The molecule has 2 heterocycles. The number of aliphatic carboxylic acids is 1. The fraction of sp³-hybridized carbons (Fsp3) is 0.615. The number of sulfonamides is 1. The molecule has 1 aromatic rings. The van der Waals surface area contributed by atoms with Gasteiger partial charge in [0.15, 0.2) is 0 Å². The summed E-state index contributed by atoms with van der Waals surface area (Å²) in [5, 5.41) is 9.45. The standard InChI is InChI=1S/C13H18ClNO4S2/c1-3-13(12(16)17)5-4-6-15(8-13)21(18,19)10-7-9(2)11(14)20-10/h7H,3-6,8H2,1-2H3,(H,16,17). The highest BCUT2D eigenvalue weighted by atomic mass is 35.5. The van der Waals surface area contributed by atoms with E-state index in [0.717, 1.165) is 16.9 Å². The molecule has 1 saturated heterocycles. The van der Waals surface area contributed by atoms with Crippen LogP contribution in [-0.2, 0) is 14.8 Å². The van der Waals surface area contributed by atoms with Crippen LogP contribution in [0.25, 0.3) is 0 Å².